The van der Waals surface area contributed by atoms with Gasteiger partial charge in [0.2, 0.25) is 0 Å². The fourth-order valence-electron chi connectivity index (χ4n) is 3.54. The SMILES string of the molecule is CCCCCCCCCCCN(CCOP(=O)([O-])OCC[N+](C)(C)C)C(=O)NCc1ccccc1. The van der Waals surface area contributed by atoms with Crippen LogP contribution in [0.15, 0.2) is 30.3 Å². The lowest BCUT2D eigenvalue weighted by Crippen LogP contribution is -2.42. The third-order valence-corrected chi connectivity index (χ3v) is 6.73. The fourth-order valence-corrected chi connectivity index (χ4v) is 4.23. The lowest BCUT2D eigenvalue weighted by atomic mass is 10.1. The predicted molar refractivity (Wildman–Crippen MR) is 140 cm³/mol. The summed E-state index contributed by atoms with van der Waals surface area (Å²) in [7, 11) is 1.47. The summed E-state index contributed by atoms with van der Waals surface area (Å²) in [5.41, 5.74) is 1.01. The highest BCUT2D eigenvalue weighted by Crippen LogP contribution is 2.37. The minimum atomic E-state index is -4.40. The van der Waals surface area contributed by atoms with E-state index >= 15 is 0 Å². The van der Waals surface area contributed by atoms with Crippen LogP contribution in [0.25, 0.3) is 0 Å². The first-order valence-corrected chi connectivity index (χ1v) is 14.6. The fraction of sp³-hybridized carbons (Fsp3) is 0.731. The van der Waals surface area contributed by atoms with E-state index in [0.717, 1.165) is 24.8 Å². The number of nitrogens with one attached hydrogen (secondary N) is 1. The topological polar surface area (TPSA) is 90.9 Å². The molecule has 1 aromatic carbocycles. The Hall–Kier alpha value is -1.44. The number of nitrogens with zero attached hydrogens (tertiary/aromatic N) is 2. The number of carbonyl (C=O) groups excluding carboxylic acids is 1. The van der Waals surface area contributed by atoms with Gasteiger partial charge in [0.1, 0.15) is 13.2 Å². The van der Waals surface area contributed by atoms with Gasteiger partial charge in [-0.05, 0) is 12.0 Å². The molecule has 1 unspecified atom stereocenters. The minimum absolute atomic E-state index is 0.0595. The molecule has 0 saturated carbocycles. The molecule has 0 radical (unpaired) electrons. The molecule has 0 aliphatic rings. The molecule has 0 saturated heterocycles. The number of carbonyl (C=O) groups is 1. The molecule has 1 rings (SSSR count). The second-order valence-electron chi connectivity index (χ2n) is 10.1. The molecule has 0 heterocycles. The van der Waals surface area contributed by atoms with Crippen LogP contribution in [0.5, 0.6) is 0 Å². The van der Waals surface area contributed by atoms with E-state index in [-0.39, 0.29) is 25.8 Å². The van der Waals surface area contributed by atoms with Crippen LogP contribution in [0.2, 0.25) is 0 Å². The van der Waals surface area contributed by atoms with Gasteiger partial charge in [0.15, 0.2) is 0 Å². The Kier molecular flexibility index (Phi) is 16.2. The van der Waals surface area contributed by atoms with Gasteiger partial charge in [-0.15, -0.1) is 0 Å². The number of quaternary nitrogens is 1. The standard InChI is InChI=1S/C26H48N3O5P/c1-5-6-7-8-9-10-11-12-16-19-28(26(30)27-24-25-17-14-13-15-18-25)20-22-33-35(31,32)34-23-21-29(2,3)4/h13-15,17-18H,5-12,16,19-24H2,1-4H3,(H-,27,30,31,32). The third kappa shape index (κ3) is 17.6. The maximum absolute atomic E-state index is 12.8. The highest BCUT2D eigenvalue weighted by atomic mass is 31.2. The molecule has 8 nitrogen and oxygen atoms in total. The van der Waals surface area contributed by atoms with Crippen molar-refractivity contribution in [2.75, 3.05) is 54.0 Å². The highest BCUT2D eigenvalue weighted by Gasteiger charge is 2.17. The first-order chi connectivity index (χ1) is 16.6. The van der Waals surface area contributed by atoms with Gasteiger partial charge in [0.05, 0.1) is 27.7 Å². The summed E-state index contributed by atoms with van der Waals surface area (Å²) in [6.07, 6.45) is 10.7. The molecule has 0 aromatic heterocycles. The summed E-state index contributed by atoms with van der Waals surface area (Å²) in [5, 5.41) is 2.93. The summed E-state index contributed by atoms with van der Waals surface area (Å²) in [5.74, 6) is 0. The number of rotatable bonds is 20. The Balaban J connectivity index is 2.45. The summed E-state index contributed by atoms with van der Waals surface area (Å²) in [6, 6.07) is 9.48. The highest BCUT2D eigenvalue weighted by molar-refractivity contribution is 7.45. The summed E-state index contributed by atoms with van der Waals surface area (Å²) in [6.45, 7) is 3.87. The van der Waals surface area contributed by atoms with Crippen molar-refractivity contribution >= 4 is 13.9 Å². The number of benzene rings is 1. The number of phosphoric acid groups is 1. The molecule has 0 spiro atoms. The van der Waals surface area contributed by atoms with Crippen LogP contribution in [-0.4, -0.2) is 69.4 Å². The van der Waals surface area contributed by atoms with Crippen LogP contribution in [0, 0.1) is 0 Å². The number of hydrogen-bond donors (Lipinski definition) is 1. The molecule has 35 heavy (non-hydrogen) atoms. The number of urea groups is 1. The number of phosphoric ester groups is 1. The molecule has 0 fully saturated rings. The first-order valence-electron chi connectivity index (χ1n) is 13.1. The number of likely N-dealkylation sites (N-methyl/N-ethyl adjacent to an activating group) is 1. The molecule has 1 atom stereocenters. The summed E-state index contributed by atoms with van der Waals surface area (Å²) < 4.78 is 22.6. The van der Waals surface area contributed by atoms with E-state index in [1.165, 1.54) is 38.5 Å². The van der Waals surface area contributed by atoms with Crippen molar-refractivity contribution < 1.29 is 27.8 Å². The number of amides is 2. The van der Waals surface area contributed by atoms with Gasteiger partial charge >= 0.3 is 6.03 Å². The Bertz CT molecular complexity index is 727. The van der Waals surface area contributed by atoms with Gasteiger partial charge in [-0.25, -0.2) is 4.79 Å². The van der Waals surface area contributed by atoms with E-state index < -0.39 is 7.82 Å². The van der Waals surface area contributed by atoms with Gasteiger partial charge < -0.3 is 28.6 Å². The molecule has 0 aliphatic heterocycles. The average Bonchev–Trinajstić information content (AvgIpc) is 2.80. The van der Waals surface area contributed by atoms with Gasteiger partial charge in [0.25, 0.3) is 7.82 Å². The maximum Gasteiger partial charge on any atom is 0.317 e. The Morgan fingerprint density at radius 1 is 0.914 bits per heavy atom. The van der Waals surface area contributed by atoms with E-state index in [1.807, 2.05) is 51.5 Å². The second kappa shape index (κ2) is 17.9. The van der Waals surface area contributed by atoms with E-state index in [1.54, 1.807) is 4.90 Å². The van der Waals surface area contributed by atoms with Gasteiger partial charge in [-0.3, -0.25) is 4.57 Å². The lowest BCUT2D eigenvalue weighted by Gasteiger charge is -2.28. The lowest BCUT2D eigenvalue weighted by molar-refractivity contribution is -0.870. The molecular weight excluding hydrogens is 465 g/mol. The molecule has 1 N–H and O–H groups in total. The van der Waals surface area contributed by atoms with Crippen molar-refractivity contribution in [1.82, 2.24) is 10.2 Å². The molecule has 0 bridgehead atoms. The molecule has 2 amide bonds. The van der Waals surface area contributed by atoms with Gasteiger partial charge in [-0.1, -0.05) is 88.6 Å². The van der Waals surface area contributed by atoms with Gasteiger partial charge in [-0.2, -0.15) is 0 Å². The van der Waals surface area contributed by atoms with Crippen molar-refractivity contribution in [2.45, 2.75) is 71.3 Å². The van der Waals surface area contributed by atoms with Gasteiger partial charge in [0, 0.05) is 19.6 Å². The monoisotopic (exact) mass is 513 g/mol. The van der Waals surface area contributed by atoms with E-state index in [0.29, 0.717) is 24.1 Å². The predicted octanol–water partition coefficient (Wildman–Crippen LogP) is 4.94. The Labute approximate surface area is 213 Å². The second-order valence-corrected chi connectivity index (χ2v) is 11.5. The maximum atomic E-state index is 12.8. The first kappa shape index (κ1) is 31.6. The van der Waals surface area contributed by atoms with E-state index in [9.17, 15) is 14.3 Å². The molecule has 0 aliphatic carbocycles. The van der Waals surface area contributed by atoms with Crippen LogP contribution in [-0.2, 0) is 20.2 Å². The van der Waals surface area contributed by atoms with Crippen molar-refractivity contribution in [3.05, 3.63) is 35.9 Å². The zero-order valence-electron chi connectivity index (χ0n) is 22.4. The normalized spacial score (nSPS) is 13.4. The quantitative estimate of drug-likeness (QED) is 0.152. The average molecular weight is 514 g/mol. The molecule has 1 aromatic rings. The Morgan fingerprint density at radius 2 is 1.49 bits per heavy atom. The number of unbranched alkanes of at least 4 members (excludes halogenated alkanes) is 8. The number of hydrogen-bond acceptors (Lipinski definition) is 5. The van der Waals surface area contributed by atoms with E-state index in [2.05, 4.69) is 12.2 Å². The zero-order chi connectivity index (χ0) is 26.0. The van der Waals surface area contributed by atoms with Crippen LogP contribution in [0.3, 0.4) is 0 Å². The largest absolute Gasteiger partial charge is 0.756 e. The van der Waals surface area contributed by atoms with Crippen molar-refractivity contribution in [1.29, 1.82) is 0 Å². The third-order valence-electron chi connectivity index (χ3n) is 5.73. The molecular formula is C26H48N3O5P. The minimum Gasteiger partial charge on any atom is -0.756 e. The van der Waals surface area contributed by atoms with Crippen molar-refractivity contribution in [2.24, 2.45) is 0 Å². The van der Waals surface area contributed by atoms with Crippen LogP contribution >= 0.6 is 7.82 Å². The van der Waals surface area contributed by atoms with E-state index in [4.69, 9.17) is 9.05 Å². The molecule has 202 valence electrons. The van der Waals surface area contributed by atoms with Crippen LogP contribution in [0.1, 0.15) is 70.3 Å². The zero-order valence-corrected chi connectivity index (χ0v) is 23.3. The van der Waals surface area contributed by atoms with Crippen LogP contribution in [0.4, 0.5) is 4.79 Å². The summed E-state index contributed by atoms with van der Waals surface area (Å²) in [4.78, 5) is 26.5. The smallest absolute Gasteiger partial charge is 0.317 e. The van der Waals surface area contributed by atoms with Crippen molar-refractivity contribution in [3.63, 3.8) is 0 Å². The van der Waals surface area contributed by atoms with Crippen LogP contribution < -0.4 is 10.2 Å². The molecule has 9 heteroatoms. The van der Waals surface area contributed by atoms with Crippen molar-refractivity contribution in [3.8, 4) is 0 Å². The Morgan fingerprint density at radius 3 is 2.09 bits per heavy atom. The summed E-state index contributed by atoms with van der Waals surface area (Å²) >= 11 is 0.